The second kappa shape index (κ2) is 5.15. The van der Waals surface area contributed by atoms with Crippen LogP contribution in [0, 0.1) is 0 Å². The molecule has 1 aromatic rings. The number of rotatable bonds is 1. The van der Waals surface area contributed by atoms with E-state index >= 15 is 0 Å². The summed E-state index contributed by atoms with van der Waals surface area (Å²) in [6, 6.07) is 6.59. The minimum Gasteiger partial charge on any atom is -0.497 e. The molecule has 0 unspecified atom stereocenters. The standard InChI is InChI=1S/C18H23NO2/c1-20-14-3-4-15-13(12-14)2-5-17-16(15)6-9-19-18(17)7-10-21-11-8-18/h3-4,12,19H,2,5-11H2,1H3. The molecule has 0 bridgehead atoms. The molecule has 1 saturated heterocycles. The summed E-state index contributed by atoms with van der Waals surface area (Å²) in [6.07, 6.45) is 5.71. The predicted octanol–water partition coefficient (Wildman–Crippen LogP) is 2.94. The van der Waals surface area contributed by atoms with Gasteiger partial charge in [-0.15, -0.1) is 0 Å². The third-order valence-corrected chi connectivity index (χ3v) is 5.41. The Bertz CT molecular complexity index is 585. The van der Waals surface area contributed by atoms with E-state index in [-0.39, 0.29) is 5.54 Å². The van der Waals surface area contributed by atoms with Gasteiger partial charge < -0.3 is 14.8 Å². The highest BCUT2D eigenvalue weighted by Gasteiger charge is 2.41. The van der Waals surface area contributed by atoms with Crippen LogP contribution in [0.1, 0.15) is 36.8 Å². The Balaban J connectivity index is 1.79. The number of benzene rings is 1. The Hall–Kier alpha value is -1.32. The Kier molecular flexibility index (Phi) is 3.27. The number of fused-ring (bicyclic) bond motifs is 3. The number of methoxy groups -OCH3 is 1. The Morgan fingerprint density at radius 1 is 1.14 bits per heavy atom. The Morgan fingerprint density at radius 3 is 2.81 bits per heavy atom. The molecule has 0 aromatic heterocycles. The number of hydrogen-bond donors (Lipinski definition) is 1. The van der Waals surface area contributed by atoms with Gasteiger partial charge in [0.25, 0.3) is 0 Å². The first kappa shape index (κ1) is 13.4. The number of nitrogens with one attached hydrogen (secondary N) is 1. The zero-order valence-corrected chi connectivity index (χ0v) is 12.7. The van der Waals surface area contributed by atoms with Gasteiger partial charge in [0.15, 0.2) is 0 Å². The van der Waals surface area contributed by atoms with Crippen LogP contribution in [0.5, 0.6) is 5.75 Å². The lowest BCUT2D eigenvalue weighted by Gasteiger charge is -2.46. The molecule has 3 nitrogen and oxygen atoms in total. The normalized spacial score (nSPS) is 23.7. The minimum absolute atomic E-state index is 0.212. The number of ether oxygens (including phenoxy) is 2. The van der Waals surface area contributed by atoms with E-state index in [1.165, 1.54) is 17.5 Å². The molecule has 21 heavy (non-hydrogen) atoms. The zero-order valence-electron chi connectivity index (χ0n) is 12.7. The lowest BCUT2D eigenvalue weighted by molar-refractivity contribution is 0.0492. The van der Waals surface area contributed by atoms with E-state index in [9.17, 15) is 0 Å². The average Bonchev–Trinajstić information content (AvgIpc) is 2.55. The maximum Gasteiger partial charge on any atom is 0.119 e. The van der Waals surface area contributed by atoms with Crippen molar-refractivity contribution in [3.63, 3.8) is 0 Å². The van der Waals surface area contributed by atoms with Crippen molar-refractivity contribution in [2.45, 2.75) is 37.6 Å². The van der Waals surface area contributed by atoms with Crippen molar-refractivity contribution in [1.82, 2.24) is 5.32 Å². The van der Waals surface area contributed by atoms with Gasteiger partial charge in [-0.1, -0.05) is 6.07 Å². The fraction of sp³-hybridized carbons (Fsp3) is 0.556. The smallest absolute Gasteiger partial charge is 0.119 e. The van der Waals surface area contributed by atoms with Gasteiger partial charge in [0.2, 0.25) is 0 Å². The second-order valence-corrected chi connectivity index (χ2v) is 6.35. The van der Waals surface area contributed by atoms with Crippen LogP contribution < -0.4 is 10.1 Å². The highest BCUT2D eigenvalue weighted by atomic mass is 16.5. The first-order valence-corrected chi connectivity index (χ1v) is 8.05. The molecular weight excluding hydrogens is 262 g/mol. The van der Waals surface area contributed by atoms with Crippen molar-refractivity contribution >= 4 is 5.57 Å². The predicted molar refractivity (Wildman–Crippen MR) is 83.6 cm³/mol. The first-order valence-electron chi connectivity index (χ1n) is 8.05. The highest BCUT2D eigenvalue weighted by molar-refractivity contribution is 5.76. The van der Waals surface area contributed by atoms with Gasteiger partial charge in [0.05, 0.1) is 7.11 Å². The van der Waals surface area contributed by atoms with E-state index in [4.69, 9.17) is 9.47 Å². The van der Waals surface area contributed by atoms with Crippen molar-refractivity contribution in [3.8, 4) is 5.75 Å². The van der Waals surface area contributed by atoms with Crippen LogP contribution in [-0.2, 0) is 11.2 Å². The molecule has 2 heterocycles. The molecule has 1 spiro atoms. The zero-order chi connectivity index (χ0) is 14.3. The number of aryl methyl sites for hydroxylation is 1. The van der Waals surface area contributed by atoms with Gasteiger partial charge in [0, 0.05) is 25.3 Å². The van der Waals surface area contributed by atoms with Crippen LogP contribution in [-0.4, -0.2) is 32.4 Å². The van der Waals surface area contributed by atoms with Crippen molar-refractivity contribution in [2.24, 2.45) is 0 Å². The summed E-state index contributed by atoms with van der Waals surface area (Å²) in [7, 11) is 1.75. The summed E-state index contributed by atoms with van der Waals surface area (Å²) in [4.78, 5) is 0. The third kappa shape index (κ3) is 2.11. The molecule has 0 radical (unpaired) electrons. The van der Waals surface area contributed by atoms with Crippen molar-refractivity contribution in [1.29, 1.82) is 0 Å². The Labute approximate surface area is 126 Å². The van der Waals surface area contributed by atoms with E-state index in [1.807, 2.05) is 0 Å². The average molecular weight is 285 g/mol. The summed E-state index contributed by atoms with van der Waals surface area (Å²) < 4.78 is 11.0. The molecular formula is C18H23NO2. The molecule has 0 amide bonds. The molecule has 0 atom stereocenters. The van der Waals surface area contributed by atoms with Crippen LogP contribution in [0.3, 0.4) is 0 Å². The molecule has 3 aliphatic rings. The second-order valence-electron chi connectivity index (χ2n) is 6.35. The van der Waals surface area contributed by atoms with Crippen LogP contribution >= 0.6 is 0 Å². The van der Waals surface area contributed by atoms with Crippen molar-refractivity contribution in [3.05, 3.63) is 34.9 Å². The van der Waals surface area contributed by atoms with Crippen LogP contribution in [0.15, 0.2) is 23.8 Å². The summed E-state index contributed by atoms with van der Waals surface area (Å²) in [5.41, 5.74) is 6.39. The molecule has 2 aliphatic heterocycles. The third-order valence-electron chi connectivity index (χ3n) is 5.41. The SMILES string of the molecule is COc1ccc2c(c1)CCC1=C2CCNC12CCOCC2. The van der Waals surface area contributed by atoms with Gasteiger partial charge in [-0.05, 0) is 66.5 Å². The molecule has 4 rings (SSSR count). The van der Waals surface area contributed by atoms with E-state index in [2.05, 4.69) is 23.5 Å². The summed E-state index contributed by atoms with van der Waals surface area (Å²) in [5.74, 6) is 0.979. The van der Waals surface area contributed by atoms with Gasteiger partial charge in [-0.2, -0.15) is 0 Å². The van der Waals surface area contributed by atoms with Crippen LogP contribution in [0.4, 0.5) is 0 Å². The largest absolute Gasteiger partial charge is 0.497 e. The number of hydrogen-bond acceptors (Lipinski definition) is 3. The summed E-state index contributed by atoms with van der Waals surface area (Å²) in [5, 5.41) is 3.82. The molecule has 112 valence electrons. The van der Waals surface area contributed by atoms with Gasteiger partial charge in [0.1, 0.15) is 5.75 Å². The maximum atomic E-state index is 5.60. The fourth-order valence-corrected chi connectivity index (χ4v) is 4.32. The molecule has 1 aromatic carbocycles. The summed E-state index contributed by atoms with van der Waals surface area (Å²) in [6.45, 7) is 2.86. The first-order chi connectivity index (χ1) is 10.3. The molecule has 1 aliphatic carbocycles. The maximum absolute atomic E-state index is 5.60. The van der Waals surface area contributed by atoms with Gasteiger partial charge in [-0.3, -0.25) is 0 Å². The molecule has 0 saturated carbocycles. The van der Waals surface area contributed by atoms with E-state index in [1.54, 1.807) is 18.3 Å². The van der Waals surface area contributed by atoms with Gasteiger partial charge >= 0.3 is 0 Å². The molecule has 1 fully saturated rings. The molecule has 3 heteroatoms. The quantitative estimate of drug-likeness (QED) is 0.860. The van der Waals surface area contributed by atoms with Crippen LogP contribution in [0.25, 0.3) is 5.57 Å². The monoisotopic (exact) mass is 285 g/mol. The van der Waals surface area contributed by atoms with E-state index in [0.29, 0.717) is 0 Å². The van der Waals surface area contributed by atoms with Crippen LogP contribution in [0.2, 0.25) is 0 Å². The fourth-order valence-electron chi connectivity index (χ4n) is 4.32. The van der Waals surface area contributed by atoms with E-state index in [0.717, 1.165) is 51.2 Å². The Morgan fingerprint density at radius 2 is 2.00 bits per heavy atom. The van der Waals surface area contributed by atoms with Gasteiger partial charge in [-0.25, -0.2) is 0 Å². The summed E-state index contributed by atoms with van der Waals surface area (Å²) >= 11 is 0. The highest BCUT2D eigenvalue weighted by Crippen LogP contribution is 2.45. The minimum atomic E-state index is 0.212. The topological polar surface area (TPSA) is 30.5 Å². The lowest BCUT2D eigenvalue weighted by atomic mass is 9.70. The van der Waals surface area contributed by atoms with E-state index < -0.39 is 0 Å². The van der Waals surface area contributed by atoms with Crippen molar-refractivity contribution < 1.29 is 9.47 Å². The van der Waals surface area contributed by atoms with Crippen molar-refractivity contribution in [2.75, 3.05) is 26.9 Å². The lowest BCUT2D eigenvalue weighted by Crippen LogP contribution is -2.54. The molecule has 1 N–H and O–H groups in total.